The van der Waals surface area contributed by atoms with Crippen molar-refractivity contribution in [3.05, 3.63) is 34.4 Å². The van der Waals surface area contributed by atoms with Gasteiger partial charge < -0.3 is 29.7 Å². The van der Waals surface area contributed by atoms with Crippen LogP contribution in [0.15, 0.2) is 24.3 Å². The third kappa shape index (κ3) is 18.3. The standard InChI is InChI=1S/C29H52N2O6S.C23H30N2O7.C11H26N2O2S/c1-26(2,3)18(17-38(35,36)30(12)28(7,8)9)14-19(32)15-20(27(4,5)6)24(33)31-16-21-22(29(21,10)11)23(31)25(34)37-13;1-22(2,3)15(11-17(26)32-14-9-7-13(8-10-14)25(29)30)20(27)24-12-16-18(23(16,4)5)19(24)21(28)31-6;1-10(2,3)9(12)8-16(14,15)13(7)11(4,5)6/h18,20-23H,14-17H2,1-13H3;7-10,15-16,18-19H,11-12H2,1-6H3;9H,8,12H2,1-7H3/t18-,20-,21+,22+,23+;15-,16+,18+,19+;9-/m111/s1. The van der Waals surface area contributed by atoms with Crippen LogP contribution >= 0.6 is 0 Å². The molecular weight excluding hydrogens is 1140 g/mol. The molecule has 0 radical (unpaired) electrons. The van der Waals surface area contributed by atoms with E-state index in [4.69, 9.17) is 19.9 Å². The highest BCUT2D eigenvalue weighted by molar-refractivity contribution is 7.89. The van der Waals surface area contributed by atoms with Crippen molar-refractivity contribution in [2.45, 2.75) is 201 Å². The number of ketones is 1. The van der Waals surface area contributed by atoms with E-state index in [0.29, 0.717) is 13.1 Å². The first-order valence-corrected chi connectivity index (χ1v) is 33.1. The van der Waals surface area contributed by atoms with E-state index < -0.39 is 100 Å². The van der Waals surface area contributed by atoms with Crippen molar-refractivity contribution in [2.75, 3.05) is 52.9 Å². The fourth-order valence-electron chi connectivity index (χ4n) is 11.7. The molecule has 492 valence electrons. The van der Waals surface area contributed by atoms with Crippen molar-refractivity contribution in [1.82, 2.24) is 18.4 Å². The number of carbonyl (C=O) groups is 6. The molecule has 1 aromatic carbocycles. The molecule has 4 fully saturated rings. The van der Waals surface area contributed by atoms with E-state index >= 15 is 0 Å². The fourth-order valence-corrected chi connectivity index (χ4v) is 15.9. The number of esters is 3. The van der Waals surface area contributed by atoms with Gasteiger partial charge in [-0.1, -0.05) is 111 Å². The molecule has 23 heteroatoms. The smallest absolute Gasteiger partial charge is 0.328 e. The van der Waals surface area contributed by atoms with Crippen molar-refractivity contribution in [2.24, 2.45) is 79.6 Å². The monoisotopic (exact) mass is 1250 g/mol. The number of nitrogens with two attached hydrogens (primary N) is 1. The number of nitro benzene ring substituents is 1. The summed E-state index contributed by atoms with van der Waals surface area (Å²) in [7, 11) is -1.07. The maximum Gasteiger partial charge on any atom is 0.328 e. The zero-order valence-electron chi connectivity index (χ0n) is 56.8. The van der Waals surface area contributed by atoms with Crippen LogP contribution in [0.25, 0.3) is 0 Å². The highest BCUT2D eigenvalue weighted by Gasteiger charge is 2.71. The first kappa shape index (κ1) is 75.7. The van der Waals surface area contributed by atoms with E-state index in [1.165, 1.54) is 47.1 Å². The molecule has 2 aliphatic heterocycles. The minimum atomic E-state index is -3.61. The van der Waals surface area contributed by atoms with Gasteiger partial charge in [0.1, 0.15) is 23.6 Å². The van der Waals surface area contributed by atoms with Gasteiger partial charge in [-0.3, -0.25) is 29.3 Å². The molecule has 0 aromatic heterocycles. The summed E-state index contributed by atoms with van der Waals surface area (Å²) in [6, 6.07) is 3.53. The number of carbonyl (C=O) groups excluding carboxylic acids is 6. The molecule has 2 N–H and O–H groups in total. The van der Waals surface area contributed by atoms with E-state index in [9.17, 15) is 55.7 Å². The Hall–Kier alpha value is -4.58. The maximum absolute atomic E-state index is 13.9. The van der Waals surface area contributed by atoms with E-state index in [-0.39, 0.29) is 106 Å². The third-order valence-corrected chi connectivity index (χ3v) is 23.3. The van der Waals surface area contributed by atoms with Crippen LogP contribution < -0.4 is 10.5 Å². The number of rotatable bonds is 18. The SMILES string of the molecule is CN(C(C)(C)C)S(=O)(=O)C[C@@H](N)C(C)(C)C.COC(=O)[C@@H]1[C@@H]2[C@H](CN1C(=O)[C@@H](CC(=O)C[C@H](CS(=O)(=O)N(C)C(C)(C)C)C(C)(C)C)C(C)(C)C)C2(C)C.COC(=O)[C@@H]1[C@@H]2[C@H](CN1C(=O)[C@@H](CC(=O)Oc1ccc([N+](=O)[O-])cc1)C(C)(C)C)C2(C)C. The van der Waals surface area contributed by atoms with Crippen molar-refractivity contribution in [3.63, 3.8) is 0 Å². The molecule has 2 saturated heterocycles. The number of nitro groups is 1. The van der Waals surface area contributed by atoms with Gasteiger partial charge in [-0.25, -0.2) is 26.4 Å². The van der Waals surface area contributed by atoms with Gasteiger partial charge in [0.15, 0.2) is 0 Å². The van der Waals surface area contributed by atoms with Crippen LogP contribution in [0.4, 0.5) is 5.69 Å². The summed E-state index contributed by atoms with van der Waals surface area (Å²) in [5.41, 5.74) is 3.06. The highest BCUT2D eigenvalue weighted by atomic mass is 32.2. The Morgan fingerprint density at radius 3 is 1.28 bits per heavy atom. The number of piperidine rings is 2. The van der Waals surface area contributed by atoms with Crippen LogP contribution in [-0.4, -0.2) is 158 Å². The lowest BCUT2D eigenvalue weighted by Crippen LogP contribution is -2.50. The molecule has 4 aliphatic rings. The second-order valence-corrected chi connectivity index (χ2v) is 36.0. The van der Waals surface area contributed by atoms with Gasteiger partial charge in [-0.05, 0) is 104 Å². The molecule has 2 aliphatic carbocycles. The van der Waals surface area contributed by atoms with Crippen molar-refractivity contribution in [1.29, 1.82) is 0 Å². The van der Waals surface area contributed by atoms with Crippen molar-refractivity contribution in [3.8, 4) is 5.75 Å². The van der Waals surface area contributed by atoms with Gasteiger partial charge in [0.2, 0.25) is 31.9 Å². The Morgan fingerprint density at radius 2 is 0.965 bits per heavy atom. The van der Waals surface area contributed by atoms with Crippen molar-refractivity contribution >= 4 is 61.2 Å². The highest BCUT2D eigenvalue weighted by Crippen LogP contribution is 2.66. The first-order valence-electron chi connectivity index (χ1n) is 29.9. The lowest BCUT2D eigenvalue weighted by molar-refractivity contribution is -0.384. The van der Waals surface area contributed by atoms with Gasteiger partial charge in [-0.2, -0.15) is 8.61 Å². The first-order chi connectivity index (χ1) is 38.4. The van der Waals surface area contributed by atoms with Gasteiger partial charge in [0.05, 0.1) is 43.0 Å². The third-order valence-electron chi connectivity index (χ3n) is 19.0. The fraction of sp³-hybridized carbons (Fsp3) is 0.810. The number of benzene rings is 1. The summed E-state index contributed by atoms with van der Waals surface area (Å²) < 4.78 is 68.7. The second-order valence-electron chi connectivity index (χ2n) is 31.9. The average molecular weight is 1250 g/mol. The van der Waals surface area contributed by atoms with Crippen LogP contribution in [0.5, 0.6) is 5.75 Å². The normalized spacial score (nSPS) is 23.2. The minimum absolute atomic E-state index is 0.00713. The minimum Gasteiger partial charge on any atom is -0.467 e. The summed E-state index contributed by atoms with van der Waals surface area (Å²) in [6.07, 6.45) is -0.102. The number of nitrogens with zero attached hydrogens (tertiary/aromatic N) is 5. The van der Waals surface area contributed by atoms with Crippen LogP contribution in [0.1, 0.15) is 172 Å². The summed E-state index contributed by atoms with van der Waals surface area (Å²) in [6.45, 7) is 43.5. The Balaban J connectivity index is 0.000000364. The number of fused-ring (bicyclic) bond motifs is 2. The molecule has 10 atom stereocenters. The zero-order chi connectivity index (χ0) is 67.2. The van der Waals surface area contributed by atoms with E-state index in [1.54, 1.807) is 23.9 Å². The number of hydrogen-bond donors (Lipinski definition) is 1. The predicted molar refractivity (Wildman–Crippen MR) is 333 cm³/mol. The number of hydrogen-bond acceptors (Lipinski definition) is 16. The largest absolute Gasteiger partial charge is 0.467 e. The molecule has 1 aromatic rings. The molecule has 2 amide bonds. The molecular formula is C63H108N6O15S2. The zero-order valence-corrected chi connectivity index (χ0v) is 58.4. The summed E-state index contributed by atoms with van der Waals surface area (Å²) in [5, 5.41) is 10.8. The molecule has 2 heterocycles. The van der Waals surface area contributed by atoms with E-state index in [1.807, 2.05) is 125 Å². The quantitative estimate of drug-likeness (QED) is 0.0621. The number of Topliss-reactive ketones (excluding diaryl/α,β-unsaturated/α-hetero) is 1. The Morgan fingerprint density at radius 1 is 0.605 bits per heavy atom. The number of non-ortho nitro benzene ring substituents is 1. The van der Waals surface area contributed by atoms with Gasteiger partial charge in [0.25, 0.3) is 5.69 Å². The van der Waals surface area contributed by atoms with E-state index in [0.717, 1.165) is 0 Å². The Kier molecular flexibility index (Phi) is 23.3. The molecule has 21 nitrogen and oxygen atoms in total. The lowest BCUT2D eigenvalue weighted by Gasteiger charge is -2.38. The van der Waals surface area contributed by atoms with Crippen LogP contribution in [-0.2, 0) is 58.3 Å². The Labute approximate surface area is 515 Å². The number of amides is 2. The molecule has 5 rings (SSSR count). The van der Waals surface area contributed by atoms with Gasteiger partial charge in [-0.15, -0.1) is 0 Å². The number of likely N-dealkylation sites (tertiary alicyclic amines) is 2. The molecule has 86 heavy (non-hydrogen) atoms. The van der Waals surface area contributed by atoms with Gasteiger partial charge >= 0.3 is 17.9 Å². The predicted octanol–water partition coefficient (Wildman–Crippen LogP) is 9.00. The molecule has 0 bridgehead atoms. The van der Waals surface area contributed by atoms with Crippen LogP contribution in [0.2, 0.25) is 0 Å². The lowest BCUT2D eigenvalue weighted by atomic mass is 9.74. The second kappa shape index (κ2) is 26.5. The topological polar surface area (TPSA) is 281 Å². The van der Waals surface area contributed by atoms with E-state index in [2.05, 4.69) is 27.7 Å². The maximum atomic E-state index is 13.9. The number of methoxy groups -OCH3 is 2. The summed E-state index contributed by atoms with van der Waals surface area (Å²) >= 11 is 0. The summed E-state index contributed by atoms with van der Waals surface area (Å²) in [4.78, 5) is 92.3. The molecule has 0 unspecified atom stereocenters. The molecule has 0 spiro atoms. The molecule has 2 saturated carbocycles. The van der Waals surface area contributed by atoms with Gasteiger partial charge in [0, 0.05) is 87.0 Å². The van der Waals surface area contributed by atoms with Crippen molar-refractivity contribution < 1.29 is 64.7 Å². The Bertz CT molecular complexity index is 2870. The number of sulfonamides is 2. The average Bonchev–Trinajstić information content (AvgIpc) is 1.54. The summed E-state index contributed by atoms with van der Waals surface area (Å²) in [5.74, 6) is -3.22. The van der Waals surface area contributed by atoms with Crippen LogP contribution in [0.3, 0.4) is 0 Å². The van der Waals surface area contributed by atoms with Crippen LogP contribution in [0, 0.1) is 84.0 Å². The number of ether oxygens (including phenoxy) is 3.